The number of fused-ring (bicyclic) bond motifs is 1. The molecule has 0 saturated carbocycles. The van der Waals surface area contributed by atoms with E-state index < -0.39 is 5.97 Å². The van der Waals surface area contributed by atoms with Crippen LogP contribution < -0.4 is 0 Å². The van der Waals surface area contributed by atoms with E-state index in [0.29, 0.717) is 5.56 Å². The van der Waals surface area contributed by atoms with Gasteiger partial charge in [0.2, 0.25) is 0 Å². The highest BCUT2D eigenvalue weighted by atomic mass is 79.9. The highest BCUT2D eigenvalue weighted by Gasteiger charge is 2.17. The van der Waals surface area contributed by atoms with Crippen LogP contribution in [0.1, 0.15) is 15.9 Å². The fourth-order valence-electron chi connectivity index (χ4n) is 1.97. The zero-order valence-electron chi connectivity index (χ0n) is 9.53. The molecule has 2 rings (SSSR count). The number of methoxy groups -OCH3 is 1. The lowest BCUT2D eigenvalue weighted by Crippen LogP contribution is -2.03. The molecule has 2 aromatic rings. The number of carbonyl (C=O) groups excluding carboxylic acids is 1. The average molecular weight is 298 g/mol. The van der Waals surface area contributed by atoms with Crippen molar-refractivity contribution >= 4 is 32.8 Å². The van der Waals surface area contributed by atoms with Gasteiger partial charge in [0.05, 0.1) is 24.8 Å². The Balaban J connectivity index is 2.85. The van der Waals surface area contributed by atoms with Crippen LogP contribution in [-0.2, 0) is 18.4 Å². The standard InChI is InChI=1S/C12H12BrNO3/c1-14-5-7(6-15)11-9(12(16)17-2)3-8(13)4-10(11)14/h3-5,15H,6H2,1-2H3. The van der Waals surface area contributed by atoms with Gasteiger partial charge in [0.15, 0.2) is 0 Å². The van der Waals surface area contributed by atoms with Crippen molar-refractivity contribution in [1.29, 1.82) is 0 Å². The van der Waals surface area contributed by atoms with Crippen molar-refractivity contribution in [3.8, 4) is 0 Å². The Labute approximate surface area is 107 Å². The molecular formula is C12H12BrNO3. The van der Waals surface area contributed by atoms with Gasteiger partial charge in [-0.1, -0.05) is 15.9 Å². The van der Waals surface area contributed by atoms with Gasteiger partial charge in [0.25, 0.3) is 0 Å². The number of carbonyl (C=O) groups is 1. The highest BCUT2D eigenvalue weighted by molar-refractivity contribution is 9.10. The third-order valence-electron chi connectivity index (χ3n) is 2.71. The lowest BCUT2D eigenvalue weighted by atomic mass is 10.1. The SMILES string of the molecule is COC(=O)c1cc(Br)cc2c1c(CO)cn2C. The topological polar surface area (TPSA) is 51.5 Å². The lowest BCUT2D eigenvalue weighted by Gasteiger charge is -2.05. The van der Waals surface area contributed by atoms with Crippen LogP contribution in [0.5, 0.6) is 0 Å². The van der Waals surface area contributed by atoms with E-state index in [4.69, 9.17) is 4.74 Å². The van der Waals surface area contributed by atoms with Crippen molar-refractivity contribution in [2.75, 3.05) is 7.11 Å². The molecular weight excluding hydrogens is 286 g/mol. The molecule has 0 amide bonds. The molecule has 0 aliphatic carbocycles. The van der Waals surface area contributed by atoms with Crippen LogP contribution in [0.25, 0.3) is 10.9 Å². The molecule has 0 aliphatic rings. The quantitative estimate of drug-likeness (QED) is 0.865. The number of hydrogen-bond donors (Lipinski definition) is 1. The maximum Gasteiger partial charge on any atom is 0.338 e. The molecule has 0 saturated heterocycles. The zero-order valence-corrected chi connectivity index (χ0v) is 11.1. The smallest absolute Gasteiger partial charge is 0.338 e. The number of rotatable bonds is 2. The summed E-state index contributed by atoms with van der Waals surface area (Å²) >= 11 is 3.36. The van der Waals surface area contributed by atoms with Crippen LogP contribution in [0.3, 0.4) is 0 Å². The molecule has 4 nitrogen and oxygen atoms in total. The van der Waals surface area contributed by atoms with Crippen molar-refractivity contribution in [1.82, 2.24) is 4.57 Å². The lowest BCUT2D eigenvalue weighted by molar-refractivity contribution is 0.0603. The van der Waals surface area contributed by atoms with E-state index in [1.165, 1.54) is 7.11 Å². The predicted octanol–water partition coefficient (Wildman–Crippen LogP) is 2.22. The Bertz CT molecular complexity index is 589. The number of nitrogens with zero attached hydrogens (tertiary/aromatic N) is 1. The van der Waals surface area contributed by atoms with E-state index in [0.717, 1.165) is 20.9 Å². The first-order valence-corrected chi connectivity index (χ1v) is 5.84. The van der Waals surface area contributed by atoms with E-state index in [2.05, 4.69) is 15.9 Å². The van der Waals surface area contributed by atoms with Crippen LogP contribution in [0.15, 0.2) is 22.8 Å². The second-order valence-corrected chi connectivity index (χ2v) is 4.68. The second-order valence-electron chi connectivity index (χ2n) is 3.76. The van der Waals surface area contributed by atoms with E-state index in [9.17, 15) is 9.90 Å². The number of ether oxygens (including phenoxy) is 1. The Kier molecular flexibility index (Phi) is 3.22. The van der Waals surface area contributed by atoms with Gasteiger partial charge in [-0.05, 0) is 12.1 Å². The van der Waals surface area contributed by atoms with Crippen LogP contribution in [0.2, 0.25) is 0 Å². The summed E-state index contributed by atoms with van der Waals surface area (Å²) in [5.74, 6) is -0.405. The second kappa shape index (κ2) is 4.50. The van der Waals surface area contributed by atoms with Gasteiger partial charge in [-0.25, -0.2) is 4.79 Å². The minimum absolute atomic E-state index is 0.108. The first-order chi connectivity index (χ1) is 8.08. The van der Waals surface area contributed by atoms with Crippen molar-refractivity contribution in [2.24, 2.45) is 7.05 Å². The molecule has 0 atom stereocenters. The van der Waals surface area contributed by atoms with Crippen LogP contribution in [0, 0.1) is 0 Å². The molecule has 1 aromatic carbocycles. The van der Waals surface area contributed by atoms with Crippen molar-refractivity contribution in [2.45, 2.75) is 6.61 Å². The van der Waals surface area contributed by atoms with Gasteiger partial charge in [-0.3, -0.25) is 0 Å². The maximum absolute atomic E-state index is 11.7. The average Bonchev–Trinajstić information content (AvgIpc) is 2.64. The summed E-state index contributed by atoms with van der Waals surface area (Å²) in [7, 11) is 3.21. The minimum Gasteiger partial charge on any atom is -0.465 e. The molecule has 1 N–H and O–H groups in total. The molecule has 0 aliphatic heterocycles. The molecule has 0 fully saturated rings. The minimum atomic E-state index is -0.405. The first kappa shape index (κ1) is 12.1. The Morgan fingerprint density at radius 2 is 2.24 bits per heavy atom. The number of halogens is 1. The maximum atomic E-state index is 11.7. The fraction of sp³-hybridized carbons (Fsp3) is 0.250. The third-order valence-corrected chi connectivity index (χ3v) is 3.17. The predicted molar refractivity (Wildman–Crippen MR) is 67.9 cm³/mol. The molecule has 0 bridgehead atoms. The number of aliphatic hydroxyl groups is 1. The van der Waals surface area contributed by atoms with E-state index in [1.807, 2.05) is 23.9 Å². The van der Waals surface area contributed by atoms with Crippen LogP contribution in [0.4, 0.5) is 0 Å². The number of benzene rings is 1. The summed E-state index contributed by atoms with van der Waals surface area (Å²) in [6.45, 7) is -0.108. The van der Waals surface area contributed by atoms with Crippen molar-refractivity contribution in [3.63, 3.8) is 0 Å². The molecule has 0 unspecified atom stereocenters. The Hall–Kier alpha value is -1.33. The monoisotopic (exact) mass is 297 g/mol. The summed E-state index contributed by atoms with van der Waals surface area (Å²) in [5.41, 5.74) is 2.06. The van der Waals surface area contributed by atoms with Gasteiger partial charge < -0.3 is 14.4 Å². The van der Waals surface area contributed by atoms with Crippen LogP contribution in [-0.4, -0.2) is 22.8 Å². The zero-order chi connectivity index (χ0) is 12.6. The molecule has 0 spiro atoms. The largest absolute Gasteiger partial charge is 0.465 e. The molecule has 1 aromatic heterocycles. The van der Waals surface area contributed by atoms with Gasteiger partial charge >= 0.3 is 5.97 Å². The van der Waals surface area contributed by atoms with Crippen molar-refractivity contribution < 1.29 is 14.6 Å². The molecule has 17 heavy (non-hydrogen) atoms. The fourth-order valence-corrected chi connectivity index (χ4v) is 2.41. The number of aryl methyl sites for hydroxylation is 1. The summed E-state index contributed by atoms with van der Waals surface area (Å²) < 4.78 is 7.43. The summed E-state index contributed by atoms with van der Waals surface area (Å²) in [4.78, 5) is 11.7. The number of aliphatic hydroxyl groups excluding tert-OH is 1. The van der Waals surface area contributed by atoms with Crippen LogP contribution >= 0.6 is 15.9 Å². The number of aromatic nitrogens is 1. The number of hydrogen-bond acceptors (Lipinski definition) is 3. The van der Waals surface area contributed by atoms with E-state index in [1.54, 1.807) is 6.07 Å². The van der Waals surface area contributed by atoms with E-state index in [-0.39, 0.29) is 6.61 Å². The van der Waals surface area contributed by atoms with Gasteiger partial charge in [-0.2, -0.15) is 0 Å². The van der Waals surface area contributed by atoms with Gasteiger partial charge in [0.1, 0.15) is 0 Å². The van der Waals surface area contributed by atoms with Gasteiger partial charge in [0, 0.05) is 28.7 Å². The molecule has 5 heteroatoms. The molecule has 1 heterocycles. The third kappa shape index (κ3) is 1.96. The summed E-state index contributed by atoms with van der Waals surface area (Å²) in [6.07, 6.45) is 1.81. The summed E-state index contributed by atoms with van der Waals surface area (Å²) in [5, 5.41) is 10.1. The summed E-state index contributed by atoms with van der Waals surface area (Å²) in [6, 6.07) is 3.61. The Morgan fingerprint density at radius 1 is 1.53 bits per heavy atom. The van der Waals surface area contributed by atoms with Crippen molar-refractivity contribution in [3.05, 3.63) is 33.9 Å². The Morgan fingerprint density at radius 3 is 2.82 bits per heavy atom. The normalized spacial score (nSPS) is 10.8. The highest BCUT2D eigenvalue weighted by Crippen LogP contribution is 2.29. The first-order valence-electron chi connectivity index (χ1n) is 5.05. The van der Waals surface area contributed by atoms with Gasteiger partial charge in [-0.15, -0.1) is 0 Å². The molecule has 90 valence electrons. The van der Waals surface area contributed by atoms with E-state index >= 15 is 0 Å². The number of esters is 1. The molecule has 0 radical (unpaired) electrons.